The average Bonchev–Trinajstić information content (AvgIpc) is 3.75. The Bertz CT molecular complexity index is 1220. The van der Waals surface area contributed by atoms with Crippen molar-refractivity contribution in [2.24, 2.45) is 11.8 Å². The summed E-state index contributed by atoms with van der Waals surface area (Å²) in [5.41, 5.74) is 3.58. The van der Waals surface area contributed by atoms with Gasteiger partial charge in [0.1, 0.15) is 0 Å². The molecule has 4 heteroatoms. The zero-order chi connectivity index (χ0) is 38.0. The molecule has 2 atom stereocenters. The van der Waals surface area contributed by atoms with Crippen molar-refractivity contribution in [3.8, 4) is 0 Å². The molecule has 0 aliphatic heterocycles. The van der Waals surface area contributed by atoms with Crippen LogP contribution in [0.4, 0.5) is 0 Å². The van der Waals surface area contributed by atoms with E-state index in [0.717, 1.165) is 11.8 Å². The molecule has 3 rings (SSSR count). The number of thiophene rings is 2. The number of hydrogen-bond donors (Lipinski definition) is 0. The minimum absolute atomic E-state index is 0.838. The Labute approximate surface area is 341 Å². The van der Waals surface area contributed by atoms with Crippen molar-refractivity contribution in [1.82, 2.24) is 0 Å². The van der Waals surface area contributed by atoms with Crippen LogP contribution in [-0.4, -0.2) is 36.8 Å². The van der Waals surface area contributed by atoms with E-state index in [-0.39, 0.29) is 0 Å². The molecule has 0 radical (unpaired) electrons. The first-order valence-electron chi connectivity index (χ1n) is 23.0. The average molecular weight is 965 g/mol. The Hall–Kier alpha value is 0.737. The number of fused-ring (bicyclic) bond motifs is 2. The molecule has 298 valence electrons. The third-order valence-corrected chi connectivity index (χ3v) is 33.2. The van der Waals surface area contributed by atoms with Crippen LogP contribution in [-0.2, 0) is 12.8 Å². The van der Waals surface area contributed by atoms with Crippen molar-refractivity contribution in [2.45, 2.75) is 224 Å². The van der Waals surface area contributed by atoms with E-state index in [1.54, 1.807) is 31.3 Å². The molecule has 0 saturated carbocycles. The van der Waals surface area contributed by atoms with Crippen LogP contribution in [0.1, 0.15) is 193 Å². The van der Waals surface area contributed by atoms with Gasteiger partial charge in [-0.15, -0.1) is 0 Å². The third kappa shape index (κ3) is 15.9. The summed E-state index contributed by atoms with van der Waals surface area (Å²) >= 11 is 0.0177. The molecule has 0 amide bonds. The molecule has 52 heavy (non-hydrogen) atoms. The van der Waals surface area contributed by atoms with Crippen molar-refractivity contribution >= 4 is 85.4 Å². The zero-order valence-corrected chi connectivity index (χ0v) is 43.9. The summed E-state index contributed by atoms with van der Waals surface area (Å²) in [4.78, 5) is 16.0. The van der Waals surface area contributed by atoms with Crippen molar-refractivity contribution in [2.75, 3.05) is 0 Å². The molecule has 3 aromatic rings. The van der Waals surface area contributed by atoms with E-state index in [4.69, 9.17) is 0 Å². The van der Waals surface area contributed by atoms with Crippen molar-refractivity contribution < 1.29 is 0 Å². The van der Waals surface area contributed by atoms with Crippen LogP contribution >= 0.6 is 22.7 Å². The molecule has 0 aliphatic rings. The van der Waals surface area contributed by atoms with Crippen LogP contribution in [0.2, 0.25) is 29.6 Å². The molecule has 0 nitrogen and oxygen atoms in total. The number of unbranched alkanes of at least 4 members (excludes halogenated alkanes) is 16. The second-order valence-corrected chi connectivity index (χ2v) is 52.1. The molecule has 0 saturated heterocycles. The fraction of sp³-hybridized carbons (Fsp3) is 0.792. The first-order chi connectivity index (χ1) is 24.9. The quantitative estimate of drug-likeness (QED) is 0.0461. The van der Waals surface area contributed by atoms with Gasteiger partial charge in [0.25, 0.3) is 0 Å². The Kier molecular flexibility index (Phi) is 22.8. The van der Waals surface area contributed by atoms with Crippen LogP contribution in [0, 0.1) is 11.8 Å². The number of rotatable bonds is 30. The van der Waals surface area contributed by atoms with Crippen LogP contribution < -0.4 is 5.79 Å². The van der Waals surface area contributed by atoms with Crippen LogP contribution in [0.5, 0.6) is 0 Å². The van der Waals surface area contributed by atoms with Crippen molar-refractivity contribution in [3.05, 3.63) is 23.3 Å². The molecular formula is C48H86S2Sn2. The first-order valence-corrected chi connectivity index (χ1v) is 44.6. The van der Waals surface area contributed by atoms with E-state index < -0.39 is 36.8 Å². The molecule has 0 bridgehead atoms. The Morgan fingerprint density at radius 3 is 0.962 bits per heavy atom. The normalized spacial score (nSPS) is 13.9. The summed E-state index contributed by atoms with van der Waals surface area (Å²) in [7, 11) is 0. The summed E-state index contributed by atoms with van der Waals surface area (Å²) < 4.78 is 7.10. The SMILES string of the molecule is CCCCCCCCC(CCCCCC)Cc1c2c[c]([Sn]([CH3])([CH3])[CH3])sc2c(CC(CCCCCC)CCCCCCCC)c2c[c]([Sn]([CH3])([CH3])[CH3])sc12. The van der Waals surface area contributed by atoms with Gasteiger partial charge in [-0.2, -0.15) is 0 Å². The van der Waals surface area contributed by atoms with Gasteiger partial charge < -0.3 is 0 Å². The third-order valence-electron chi connectivity index (χ3n) is 12.0. The summed E-state index contributed by atoms with van der Waals surface area (Å²) in [5, 5.41) is 3.44. The van der Waals surface area contributed by atoms with Gasteiger partial charge in [0.05, 0.1) is 0 Å². The summed E-state index contributed by atoms with van der Waals surface area (Å²) in [5.74, 6) is 1.68. The fourth-order valence-corrected chi connectivity index (χ4v) is 21.4. The van der Waals surface area contributed by atoms with Gasteiger partial charge >= 0.3 is 318 Å². The van der Waals surface area contributed by atoms with E-state index in [1.807, 2.05) is 5.79 Å². The molecule has 0 aliphatic carbocycles. The number of benzene rings is 1. The Morgan fingerprint density at radius 2 is 0.673 bits per heavy atom. The van der Waals surface area contributed by atoms with Gasteiger partial charge in [-0.1, -0.05) is 26.7 Å². The Morgan fingerprint density at radius 1 is 0.404 bits per heavy atom. The van der Waals surface area contributed by atoms with Gasteiger partial charge in [-0.05, 0) is 0 Å². The molecule has 0 spiro atoms. The minimum atomic E-state index is -2.27. The van der Waals surface area contributed by atoms with E-state index in [1.165, 1.54) is 167 Å². The van der Waals surface area contributed by atoms with Crippen molar-refractivity contribution in [3.63, 3.8) is 0 Å². The topological polar surface area (TPSA) is 0 Å². The monoisotopic (exact) mass is 966 g/mol. The van der Waals surface area contributed by atoms with Gasteiger partial charge in [0.15, 0.2) is 0 Å². The van der Waals surface area contributed by atoms with Crippen LogP contribution in [0.15, 0.2) is 12.1 Å². The van der Waals surface area contributed by atoms with E-state index in [2.05, 4.69) is 92.1 Å². The maximum absolute atomic E-state index is 2.80. The van der Waals surface area contributed by atoms with E-state index in [0.29, 0.717) is 0 Å². The van der Waals surface area contributed by atoms with Gasteiger partial charge in [-0.25, -0.2) is 0 Å². The van der Waals surface area contributed by atoms with Gasteiger partial charge in [0.2, 0.25) is 0 Å². The van der Waals surface area contributed by atoms with Gasteiger partial charge in [-0.3, -0.25) is 0 Å². The van der Waals surface area contributed by atoms with Gasteiger partial charge in [0, 0.05) is 0 Å². The summed E-state index contributed by atoms with van der Waals surface area (Å²) in [6.07, 6.45) is 36.6. The molecule has 0 fully saturated rings. The maximum atomic E-state index is 2.80. The molecule has 2 unspecified atom stereocenters. The molecule has 1 aromatic carbocycles. The molecule has 2 aromatic heterocycles. The summed E-state index contributed by atoms with van der Waals surface area (Å²) in [6, 6.07) is 5.61. The van der Waals surface area contributed by atoms with Crippen LogP contribution in [0.3, 0.4) is 0 Å². The summed E-state index contributed by atoms with van der Waals surface area (Å²) in [6.45, 7) is 9.44. The van der Waals surface area contributed by atoms with Crippen LogP contribution in [0.25, 0.3) is 20.2 Å². The zero-order valence-electron chi connectivity index (χ0n) is 36.5. The van der Waals surface area contributed by atoms with Crippen molar-refractivity contribution in [1.29, 1.82) is 0 Å². The molecular weight excluding hydrogens is 878 g/mol. The predicted molar refractivity (Wildman–Crippen MR) is 251 cm³/mol. The Balaban J connectivity index is 2.10. The second-order valence-electron chi connectivity index (χ2n) is 19.1. The van der Waals surface area contributed by atoms with E-state index >= 15 is 0 Å². The molecule has 0 N–H and O–H groups in total. The standard InChI is InChI=1S/C42H68S2.6CH3.2Sn/c1-5-9-13-17-19-23-27-35(25-21-15-11-7-3)33-39-37-29-31-44-42(37)40(38-30-32-43-41(38)39)34-36(26-22-16-12-8-4)28-24-20-18-14-10-6-2;;;;;;;;/h29-30,35-36H,5-28,33-34H2,1-4H3;6*1H3;;. The predicted octanol–water partition coefficient (Wildman–Crippen LogP) is 17.0. The second kappa shape index (κ2) is 25.2. The number of hydrogen-bond acceptors (Lipinski definition) is 2. The molecule has 2 heterocycles. The van der Waals surface area contributed by atoms with E-state index in [9.17, 15) is 0 Å². The first kappa shape index (κ1) is 47.1. The fourth-order valence-electron chi connectivity index (χ4n) is 8.49.